The number of aryl methyl sites for hydroxylation is 1. The summed E-state index contributed by atoms with van der Waals surface area (Å²) < 4.78 is 41.2. The largest absolute Gasteiger partial charge is 0.433 e. The van der Waals surface area contributed by atoms with E-state index in [-0.39, 0.29) is 11.7 Å². The molecule has 1 unspecified atom stereocenters. The maximum Gasteiger partial charge on any atom is 0.433 e. The van der Waals surface area contributed by atoms with Crippen LogP contribution in [-0.2, 0) is 17.5 Å². The molecular weight excluding hydrogens is 477 g/mol. The first-order valence-corrected chi connectivity index (χ1v) is 11.1. The van der Waals surface area contributed by atoms with Crippen molar-refractivity contribution in [2.24, 2.45) is 5.73 Å². The molecule has 0 radical (unpaired) electrons. The van der Waals surface area contributed by atoms with Gasteiger partial charge in [0.1, 0.15) is 17.3 Å². The molecular formula is C23H23F3N8O2. The number of aromatic amines is 1. The second kappa shape index (κ2) is 10.1. The summed E-state index contributed by atoms with van der Waals surface area (Å²) in [4.78, 5) is 45.4. The topological polar surface area (TPSA) is 136 Å². The lowest BCUT2D eigenvalue weighted by molar-refractivity contribution is -0.141. The second-order valence-corrected chi connectivity index (χ2v) is 8.03. The number of nitrogens with one attached hydrogen (secondary N) is 1. The zero-order chi connectivity index (χ0) is 25.9. The van der Waals surface area contributed by atoms with Crippen LogP contribution in [-0.4, -0.2) is 59.3 Å². The maximum atomic E-state index is 13.1. The first kappa shape index (κ1) is 24.8. The van der Waals surface area contributed by atoms with E-state index in [0.29, 0.717) is 35.8 Å². The molecule has 0 saturated carbocycles. The Hall–Kier alpha value is -4.29. The number of imidazole rings is 2. The Bertz CT molecular complexity index is 1370. The number of rotatable bonds is 9. The summed E-state index contributed by atoms with van der Waals surface area (Å²) in [5, 5.41) is 0. The molecule has 0 saturated heterocycles. The van der Waals surface area contributed by atoms with Crippen molar-refractivity contribution >= 4 is 22.8 Å². The van der Waals surface area contributed by atoms with E-state index >= 15 is 0 Å². The van der Waals surface area contributed by atoms with Gasteiger partial charge in [0.25, 0.3) is 5.91 Å². The third-order valence-corrected chi connectivity index (χ3v) is 5.60. The number of carbonyl (C=O) groups is 2. The molecule has 1 atom stereocenters. The Morgan fingerprint density at radius 2 is 2.00 bits per heavy atom. The first-order valence-electron chi connectivity index (χ1n) is 11.1. The summed E-state index contributed by atoms with van der Waals surface area (Å²) in [6.07, 6.45) is 2.19. The van der Waals surface area contributed by atoms with Crippen LogP contribution >= 0.6 is 0 Å². The Kier molecular flexibility index (Phi) is 6.99. The number of primary amides is 1. The van der Waals surface area contributed by atoms with Crippen LogP contribution in [0.1, 0.15) is 47.0 Å². The number of hydrogen-bond donors (Lipinski definition) is 2. The fourth-order valence-corrected chi connectivity index (χ4v) is 3.80. The summed E-state index contributed by atoms with van der Waals surface area (Å²) in [6, 6.07) is 5.48. The molecule has 0 bridgehead atoms. The molecule has 13 heteroatoms. The molecule has 0 spiro atoms. The average Bonchev–Trinajstić information content (AvgIpc) is 3.50. The monoisotopic (exact) mass is 500 g/mol. The summed E-state index contributed by atoms with van der Waals surface area (Å²) in [5.41, 5.74) is 5.50. The van der Waals surface area contributed by atoms with Crippen LogP contribution in [0.5, 0.6) is 0 Å². The van der Waals surface area contributed by atoms with Gasteiger partial charge in [-0.25, -0.2) is 19.9 Å². The molecule has 3 heterocycles. The van der Waals surface area contributed by atoms with Gasteiger partial charge in [-0.05, 0) is 37.6 Å². The molecule has 0 aliphatic heterocycles. The van der Waals surface area contributed by atoms with Crippen LogP contribution in [0.25, 0.3) is 11.0 Å². The summed E-state index contributed by atoms with van der Waals surface area (Å²) in [6.45, 7) is 3.65. The van der Waals surface area contributed by atoms with Crippen LogP contribution in [0, 0.1) is 0 Å². The predicted octanol–water partition coefficient (Wildman–Crippen LogP) is 2.74. The average molecular weight is 500 g/mol. The van der Waals surface area contributed by atoms with E-state index in [1.807, 2.05) is 17.7 Å². The third-order valence-electron chi connectivity index (χ3n) is 5.60. The van der Waals surface area contributed by atoms with E-state index in [1.165, 1.54) is 0 Å². The van der Waals surface area contributed by atoms with Crippen molar-refractivity contribution < 1.29 is 22.8 Å². The van der Waals surface area contributed by atoms with Gasteiger partial charge in [0, 0.05) is 43.8 Å². The molecule has 1 aromatic carbocycles. The highest BCUT2D eigenvalue weighted by molar-refractivity contribution is 5.97. The maximum absolute atomic E-state index is 13.1. The van der Waals surface area contributed by atoms with Crippen LogP contribution in [0.2, 0.25) is 0 Å². The Balaban J connectivity index is 1.57. The SMILES string of the molecule is CCN(CCCn1ccnc1)C(=O)c1ccc2nc(C(C(N)=O)c3nccc(C(F)(F)F)n3)[nH]c2c1. The second-order valence-electron chi connectivity index (χ2n) is 8.03. The number of nitrogens with zero attached hydrogens (tertiary/aromatic N) is 6. The van der Waals surface area contributed by atoms with Crippen LogP contribution in [0.3, 0.4) is 0 Å². The Morgan fingerprint density at radius 1 is 1.19 bits per heavy atom. The predicted molar refractivity (Wildman–Crippen MR) is 123 cm³/mol. The van der Waals surface area contributed by atoms with E-state index in [4.69, 9.17) is 5.73 Å². The van der Waals surface area contributed by atoms with Crippen LogP contribution < -0.4 is 5.73 Å². The van der Waals surface area contributed by atoms with Gasteiger partial charge in [-0.2, -0.15) is 13.2 Å². The highest BCUT2D eigenvalue weighted by atomic mass is 19.4. The van der Waals surface area contributed by atoms with Crippen molar-refractivity contribution in [3.05, 3.63) is 72.1 Å². The molecule has 4 aromatic rings. The number of alkyl halides is 3. The van der Waals surface area contributed by atoms with Gasteiger partial charge < -0.3 is 20.2 Å². The minimum absolute atomic E-state index is 0.0193. The number of aromatic nitrogens is 6. The van der Waals surface area contributed by atoms with Crippen molar-refractivity contribution in [3.8, 4) is 0 Å². The number of nitrogens with two attached hydrogens (primary N) is 1. The van der Waals surface area contributed by atoms with E-state index in [0.717, 1.165) is 19.2 Å². The lowest BCUT2D eigenvalue weighted by Gasteiger charge is -2.21. The van der Waals surface area contributed by atoms with E-state index < -0.39 is 29.5 Å². The first-order chi connectivity index (χ1) is 17.2. The molecule has 0 aliphatic rings. The van der Waals surface area contributed by atoms with Crippen LogP contribution in [0.4, 0.5) is 13.2 Å². The molecule has 0 aliphatic carbocycles. The summed E-state index contributed by atoms with van der Waals surface area (Å²) in [5.74, 6) is -3.04. The molecule has 188 valence electrons. The number of fused-ring (bicyclic) bond motifs is 1. The lowest BCUT2D eigenvalue weighted by atomic mass is 10.1. The number of benzene rings is 1. The van der Waals surface area contributed by atoms with Crippen molar-refractivity contribution in [2.45, 2.75) is 32.0 Å². The zero-order valence-electron chi connectivity index (χ0n) is 19.2. The Morgan fingerprint density at radius 3 is 2.67 bits per heavy atom. The molecule has 10 nitrogen and oxygen atoms in total. The highest BCUT2D eigenvalue weighted by Gasteiger charge is 2.35. The van der Waals surface area contributed by atoms with Gasteiger partial charge >= 0.3 is 6.18 Å². The molecule has 4 rings (SSSR count). The number of hydrogen-bond acceptors (Lipinski definition) is 6. The van der Waals surface area contributed by atoms with Crippen LogP contribution in [0.15, 0.2) is 49.2 Å². The summed E-state index contributed by atoms with van der Waals surface area (Å²) >= 11 is 0. The van der Waals surface area contributed by atoms with Gasteiger partial charge in [0.15, 0.2) is 5.92 Å². The zero-order valence-corrected chi connectivity index (χ0v) is 19.2. The van der Waals surface area contributed by atoms with Gasteiger partial charge in [-0.15, -0.1) is 0 Å². The van der Waals surface area contributed by atoms with E-state index in [9.17, 15) is 22.8 Å². The fourth-order valence-electron chi connectivity index (χ4n) is 3.80. The molecule has 3 N–H and O–H groups in total. The number of halogens is 3. The standard InChI is InChI=1S/C23H23F3N8O2/c1-2-34(10-3-9-33-11-8-28-13-33)22(36)14-4-5-15-16(12-14)31-21(30-15)18(19(27)35)20-29-7-6-17(32-20)23(24,25)26/h4-8,11-13,18H,2-3,9-10H2,1H3,(H2,27,35)(H,30,31). The van der Waals surface area contributed by atoms with Crippen molar-refractivity contribution in [3.63, 3.8) is 0 Å². The number of H-pyrrole nitrogens is 1. The molecule has 36 heavy (non-hydrogen) atoms. The minimum atomic E-state index is -4.72. The fraction of sp³-hybridized carbons (Fsp3) is 0.304. The van der Waals surface area contributed by atoms with E-state index in [1.54, 1.807) is 35.6 Å². The van der Waals surface area contributed by atoms with Crippen molar-refractivity contribution in [1.29, 1.82) is 0 Å². The molecule has 0 fully saturated rings. The molecule has 2 amide bonds. The smallest absolute Gasteiger partial charge is 0.369 e. The van der Waals surface area contributed by atoms with Crippen molar-refractivity contribution in [1.82, 2.24) is 34.4 Å². The quantitative estimate of drug-likeness (QED) is 0.363. The lowest BCUT2D eigenvalue weighted by Crippen LogP contribution is -2.32. The molecule has 3 aromatic heterocycles. The van der Waals surface area contributed by atoms with Gasteiger partial charge in [-0.1, -0.05) is 0 Å². The summed E-state index contributed by atoms with van der Waals surface area (Å²) in [7, 11) is 0. The van der Waals surface area contributed by atoms with Crippen molar-refractivity contribution in [2.75, 3.05) is 13.1 Å². The minimum Gasteiger partial charge on any atom is -0.369 e. The highest BCUT2D eigenvalue weighted by Crippen LogP contribution is 2.29. The normalized spacial score (nSPS) is 12.6. The van der Waals surface area contributed by atoms with E-state index in [2.05, 4.69) is 24.9 Å². The number of amides is 2. The third kappa shape index (κ3) is 5.34. The number of carbonyl (C=O) groups excluding carboxylic acids is 2. The van der Waals surface area contributed by atoms with Gasteiger partial charge in [0.05, 0.1) is 17.4 Å². The van der Waals surface area contributed by atoms with Gasteiger partial charge in [0.2, 0.25) is 5.91 Å². The van der Waals surface area contributed by atoms with Gasteiger partial charge in [-0.3, -0.25) is 9.59 Å². The Labute approximate surface area is 203 Å².